The first kappa shape index (κ1) is 15.7. The summed E-state index contributed by atoms with van der Waals surface area (Å²) in [5, 5.41) is 11.3. The van der Waals surface area contributed by atoms with E-state index in [4.69, 9.17) is 9.84 Å². The fraction of sp³-hybridized carbons (Fsp3) is 0.818. The lowest BCUT2D eigenvalue weighted by Crippen LogP contribution is -2.46. The molecule has 0 spiro atoms. The van der Waals surface area contributed by atoms with E-state index in [0.717, 1.165) is 0 Å². The Morgan fingerprint density at radius 2 is 2.00 bits per heavy atom. The smallest absolute Gasteiger partial charge is 0.317 e. The third kappa shape index (κ3) is 6.11. The van der Waals surface area contributed by atoms with Gasteiger partial charge in [0.05, 0.1) is 12.5 Å². The zero-order valence-electron chi connectivity index (χ0n) is 10.9. The van der Waals surface area contributed by atoms with Gasteiger partial charge in [-0.25, -0.2) is 4.79 Å². The number of hydrogen-bond donors (Lipinski definition) is 2. The van der Waals surface area contributed by atoms with Crippen LogP contribution in [0.1, 0.15) is 27.2 Å². The fourth-order valence-corrected chi connectivity index (χ4v) is 1.48. The highest BCUT2D eigenvalue weighted by Gasteiger charge is 2.17. The molecular formula is C11H22N2O4. The lowest BCUT2D eigenvalue weighted by atomic mass is 10.2. The van der Waals surface area contributed by atoms with Crippen LogP contribution in [-0.2, 0) is 9.53 Å². The number of carboxylic acid groups (broad SMARTS) is 1. The van der Waals surface area contributed by atoms with Crippen molar-refractivity contribution in [1.29, 1.82) is 0 Å². The van der Waals surface area contributed by atoms with Crippen molar-refractivity contribution in [3.63, 3.8) is 0 Å². The molecule has 0 rings (SSSR count). The van der Waals surface area contributed by atoms with Crippen LogP contribution in [0.5, 0.6) is 0 Å². The normalized spacial score (nSPS) is 12.3. The molecule has 6 nitrogen and oxygen atoms in total. The molecule has 6 heteroatoms. The second-order valence-corrected chi connectivity index (χ2v) is 4.02. The van der Waals surface area contributed by atoms with E-state index in [-0.39, 0.29) is 25.0 Å². The van der Waals surface area contributed by atoms with Gasteiger partial charge in [0.25, 0.3) is 0 Å². The molecule has 0 aliphatic carbocycles. The van der Waals surface area contributed by atoms with Gasteiger partial charge in [0.2, 0.25) is 0 Å². The van der Waals surface area contributed by atoms with E-state index in [9.17, 15) is 9.59 Å². The number of aliphatic carboxylic acids is 1. The highest BCUT2D eigenvalue weighted by molar-refractivity contribution is 5.74. The van der Waals surface area contributed by atoms with Crippen LogP contribution in [0, 0.1) is 0 Å². The molecule has 2 N–H and O–H groups in total. The summed E-state index contributed by atoms with van der Waals surface area (Å²) in [5.74, 6) is -0.942. The predicted molar refractivity (Wildman–Crippen MR) is 64.0 cm³/mol. The topological polar surface area (TPSA) is 78.9 Å². The van der Waals surface area contributed by atoms with Gasteiger partial charge in [0.1, 0.15) is 0 Å². The average molecular weight is 246 g/mol. The largest absolute Gasteiger partial charge is 0.481 e. The highest BCUT2D eigenvalue weighted by atomic mass is 16.5. The van der Waals surface area contributed by atoms with E-state index in [1.807, 2.05) is 20.8 Å². The number of nitrogens with one attached hydrogen (secondary N) is 1. The molecule has 0 aromatic heterocycles. The summed E-state index contributed by atoms with van der Waals surface area (Å²) in [7, 11) is 1.43. The first-order valence-corrected chi connectivity index (χ1v) is 5.71. The summed E-state index contributed by atoms with van der Waals surface area (Å²) in [6, 6.07) is -0.0876. The van der Waals surface area contributed by atoms with Crippen LogP contribution in [0.3, 0.4) is 0 Å². The maximum absolute atomic E-state index is 11.7. The Kier molecular flexibility index (Phi) is 7.29. The van der Waals surface area contributed by atoms with Crippen LogP contribution in [-0.4, -0.2) is 54.4 Å². The van der Waals surface area contributed by atoms with Gasteiger partial charge in [0, 0.05) is 26.2 Å². The molecular weight excluding hydrogens is 224 g/mol. The van der Waals surface area contributed by atoms with Crippen LogP contribution in [0.25, 0.3) is 0 Å². The number of nitrogens with zero attached hydrogens (tertiary/aromatic N) is 1. The number of carbonyl (C=O) groups excluding carboxylic acids is 1. The molecule has 0 aliphatic heterocycles. The van der Waals surface area contributed by atoms with Crippen molar-refractivity contribution in [1.82, 2.24) is 10.2 Å². The summed E-state index contributed by atoms with van der Waals surface area (Å²) >= 11 is 0. The number of ether oxygens (including phenoxy) is 1. The van der Waals surface area contributed by atoms with E-state index < -0.39 is 12.1 Å². The van der Waals surface area contributed by atoms with Crippen LogP contribution < -0.4 is 5.32 Å². The van der Waals surface area contributed by atoms with Gasteiger partial charge in [-0.3, -0.25) is 4.79 Å². The maximum atomic E-state index is 11.7. The molecule has 0 bridgehead atoms. The molecule has 0 saturated heterocycles. The number of methoxy groups -OCH3 is 1. The van der Waals surface area contributed by atoms with E-state index in [2.05, 4.69) is 5.32 Å². The van der Waals surface area contributed by atoms with E-state index >= 15 is 0 Å². The number of hydrogen-bond acceptors (Lipinski definition) is 3. The zero-order chi connectivity index (χ0) is 13.4. The Labute approximate surface area is 102 Å². The lowest BCUT2D eigenvalue weighted by Gasteiger charge is -2.26. The van der Waals surface area contributed by atoms with Crippen molar-refractivity contribution in [3.8, 4) is 0 Å². The number of rotatable bonds is 7. The van der Waals surface area contributed by atoms with Gasteiger partial charge in [-0.2, -0.15) is 0 Å². The third-order valence-corrected chi connectivity index (χ3v) is 2.44. The highest BCUT2D eigenvalue weighted by Crippen LogP contribution is 2.00. The molecule has 17 heavy (non-hydrogen) atoms. The summed E-state index contributed by atoms with van der Waals surface area (Å²) in [6.07, 6.45) is -0.618. The van der Waals surface area contributed by atoms with Crippen LogP contribution in [0.2, 0.25) is 0 Å². The summed E-state index contributed by atoms with van der Waals surface area (Å²) in [5.41, 5.74) is 0. The van der Waals surface area contributed by atoms with Gasteiger partial charge in [-0.05, 0) is 20.8 Å². The summed E-state index contributed by atoms with van der Waals surface area (Å²) in [4.78, 5) is 23.9. The molecule has 0 saturated carbocycles. The minimum Gasteiger partial charge on any atom is -0.481 e. The Bertz CT molecular complexity index is 256. The molecule has 1 atom stereocenters. The number of carboxylic acids is 1. The third-order valence-electron chi connectivity index (χ3n) is 2.44. The molecule has 0 heterocycles. The monoisotopic (exact) mass is 246 g/mol. The summed E-state index contributed by atoms with van der Waals surface area (Å²) in [6.45, 7) is 6.55. The van der Waals surface area contributed by atoms with Crippen molar-refractivity contribution >= 4 is 12.0 Å². The Morgan fingerprint density at radius 1 is 1.41 bits per heavy atom. The second kappa shape index (κ2) is 7.89. The number of amides is 2. The van der Waals surface area contributed by atoms with Crippen LogP contribution in [0.4, 0.5) is 4.79 Å². The minimum atomic E-state index is -0.942. The first-order chi connectivity index (χ1) is 7.92. The van der Waals surface area contributed by atoms with Crippen LogP contribution in [0.15, 0.2) is 0 Å². The number of carbonyl (C=O) groups is 2. The van der Waals surface area contributed by atoms with Crippen LogP contribution >= 0.6 is 0 Å². The minimum absolute atomic E-state index is 0.112. The summed E-state index contributed by atoms with van der Waals surface area (Å²) < 4.78 is 4.97. The Morgan fingerprint density at radius 3 is 2.35 bits per heavy atom. The van der Waals surface area contributed by atoms with Crippen molar-refractivity contribution < 1.29 is 19.4 Å². The van der Waals surface area contributed by atoms with Gasteiger partial charge in [-0.1, -0.05) is 0 Å². The van der Waals surface area contributed by atoms with Crippen molar-refractivity contribution in [3.05, 3.63) is 0 Å². The van der Waals surface area contributed by atoms with Gasteiger partial charge >= 0.3 is 12.0 Å². The van der Waals surface area contributed by atoms with Crippen molar-refractivity contribution in [2.24, 2.45) is 0 Å². The lowest BCUT2D eigenvalue weighted by molar-refractivity contribution is -0.139. The molecule has 1 unspecified atom stereocenters. The van der Waals surface area contributed by atoms with Gasteiger partial charge in [0.15, 0.2) is 0 Å². The van der Waals surface area contributed by atoms with Gasteiger partial charge < -0.3 is 20.1 Å². The predicted octanol–water partition coefficient (Wildman–Crippen LogP) is 0.916. The standard InChI is InChI=1S/C11H22N2O4/c1-5-13(8(2)3)11(16)12-7-9(17-4)6-10(14)15/h8-9H,5-7H2,1-4H3,(H,12,16)(H,14,15). The van der Waals surface area contributed by atoms with E-state index in [1.54, 1.807) is 4.90 Å². The zero-order valence-corrected chi connectivity index (χ0v) is 10.9. The Balaban J connectivity index is 4.15. The Hall–Kier alpha value is -1.30. The van der Waals surface area contributed by atoms with Crippen molar-refractivity contribution in [2.45, 2.75) is 39.3 Å². The fourth-order valence-electron chi connectivity index (χ4n) is 1.48. The quantitative estimate of drug-likeness (QED) is 0.700. The average Bonchev–Trinajstić information content (AvgIpc) is 2.24. The maximum Gasteiger partial charge on any atom is 0.317 e. The van der Waals surface area contributed by atoms with Crippen molar-refractivity contribution in [2.75, 3.05) is 20.2 Å². The van der Waals surface area contributed by atoms with E-state index in [1.165, 1.54) is 7.11 Å². The molecule has 0 aliphatic rings. The first-order valence-electron chi connectivity index (χ1n) is 5.71. The molecule has 0 aromatic rings. The second-order valence-electron chi connectivity index (χ2n) is 4.02. The SMILES string of the molecule is CCN(C(=O)NCC(CC(=O)O)OC)C(C)C. The molecule has 100 valence electrons. The van der Waals surface area contributed by atoms with E-state index in [0.29, 0.717) is 6.54 Å². The molecule has 0 fully saturated rings. The van der Waals surface area contributed by atoms with Gasteiger partial charge in [-0.15, -0.1) is 0 Å². The number of urea groups is 1. The molecule has 2 amide bonds. The molecule has 0 aromatic carbocycles. The molecule has 0 radical (unpaired) electrons.